The van der Waals surface area contributed by atoms with Crippen molar-refractivity contribution in [3.63, 3.8) is 0 Å². The fraction of sp³-hybridized carbons (Fsp3) is 0.476. The first-order chi connectivity index (χ1) is 12.7. The van der Waals surface area contributed by atoms with Gasteiger partial charge in [-0.05, 0) is 18.1 Å². The Morgan fingerprint density at radius 1 is 1.15 bits per heavy atom. The molecular weight excluding hydrogens is 344 g/mol. The zero-order chi connectivity index (χ0) is 17.9. The fourth-order valence-corrected chi connectivity index (χ4v) is 5.50. The van der Waals surface area contributed by atoms with E-state index in [-0.39, 0.29) is 11.7 Å². The first-order valence-corrected chi connectivity index (χ1v) is 10.7. The predicted octanol–water partition coefficient (Wildman–Crippen LogP) is 1.14. The molecule has 2 aliphatic heterocycles. The van der Waals surface area contributed by atoms with E-state index < -0.39 is 0 Å². The number of thioether (sulfide) groups is 1. The van der Waals surface area contributed by atoms with Crippen molar-refractivity contribution >= 4 is 11.8 Å². The molecule has 0 aliphatic carbocycles. The maximum atomic E-state index is 12.1. The number of aromatic nitrogens is 1. The van der Waals surface area contributed by atoms with Gasteiger partial charge in [-0.15, -0.1) is 0 Å². The highest BCUT2D eigenvalue weighted by atomic mass is 32.2. The van der Waals surface area contributed by atoms with Gasteiger partial charge in [0, 0.05) is 41.6 Å². The molecule has 1 fully saturated rings. The Hall–Kier alpha value is -1.56. The molecule has 1 unspecified atom stereocenters. The third kappa shape index (κ3) is 4.05. The second-order valence-electron chi connectivity index (χ2n) is 7.72. The lowest BCUT2D eigenvalue weighted by atomic mass is 9.83. The van der Waals surface area contributed by atoms with Crippen molar-refractivity contribution in [1.82, 2.24) is 4.57 Å². The summed E-state index contributed by atoms with van der Waals surface area (Å²) in [4.78, 5) is 13.6. The topological polar surface area (TPSA) is 46.7 Å². The van der Waals surface area contributed by atoms with Crippen molar-refractivity contribution in [2.75, 3.05) is 25.4 Å². The average Bonchev–Trinajstić information content (AvgIpc) is 2.63. The molecule has 2 aromatic rings. The lowest BCUT2D eigenvalue weighted by Gasteiger charge is -2.40. The molecule has 1 aromatic carbocycles. The predicted molar refractivity (Wildman–Crippen MR) is 106 cm³/mol. The van der Waals surface area contributed by atoms with Gasteiger partial charge in [-0.3, -0.25) is 4.79 Å². The van der Waals surface area contributed by atoms with E-state index in [0.29, 0.717) is 11.8 Å². The van der Waals surface area contributed by atoms with Crippen LogP contribution in [-0.2, 0) is 12.3 Å². The lowest BCUT2D eigenvalue weighted by Crippen LogP contribution is -3.15. The molecular formula is C21H27N2O2S+. The number of quaternary nitrogens is 1. The normalized spacial score (nSPS) is 25.5. The summed E-state index contributed by atoms with van der Waals surface area (Å²) in [5.41, 5.74) is 2.64. The summed E-state index contributed by atoms with van der Waals surface area (Å²) < 4.78 is 1.97. The van der Waals surface area contributed by atoms with Gasteiger partial charge in [-0.2, -0.15) is 11.8 Å². The van der Waals surface area contributed by atoms with E-state index in [0.717, 1.165) is 37.7 Å². The molecule has 138 valence electrons. The Labute approximate surface area is 158 Å². The van der Waals surface area contributed by atoms with Crippen LogP contribution in [0.25, 0.3) is 0 Å². The van der Waals surface area contributed by atoms with Gasteiger partial charge in [0.2, 0.25) is 0 Å². The Morgan fingerprint density at radius 3 is 2.85 bits per heavy atom. The van der Waals surface area contributed by atoms with Gasteiger partial charge in [0.1, 0.15) is 12.6 Å². The van der Waals surface area contributed by atoms with Crippen LogP contribution in [0.3, 0.4) is 0 Å². The number of benzene rings is 1. The van der Waals surface area contributed by atoms with E-state index in [1.807, 2.05) is 16.7 Å². The van der Waals surface area contributed by atoms with Gasteiger partial charge in [0.05, 0.1) is 13.1 Å². The maximum Gasteiger partial charge on any atom is 0.250 e. The highest BCUT2D eigenvalue weighted by molar-refractivity contribution is 7.98. The molecule has 4 atom stereocenters. The Morgan fingerprint density at radius 2 is 2.00 bits per heavy atom. The van der Waals surface area contributed by atoms with Crippen LogP contribution in [0.15, 0.2) is 53.3 Å². The lowest BCUT2D eigenvalue weighted by molar-refractivity contribution is -0.913. The van der Waals surface area contributed by atoms with Crippen LogP contribution >= 0.6 is 11.8 Å². The van der Waals surface area contributed by atoms with Gasteiger partial charge >= 0.3 is 0 Å². The molecule has 4 rings (SSSR count). The number of hydrogen-bond acceptors (Lipinski definition) is 3. The van der Waals surface area contributed by atoms with E-state index in [4.69, 9.17) is 0 Å². The molecule has 2 bridgehead atoms. The number of nitrogens with one attached hydrogen (secondary N) is 1. The molecule has 2 N–H and O–H groups in total. The van der Waals surface area contributed by atoms with Crippen molar-refractivity contribution in [3.05, 3.63) is 70.1 Å². The van der Waals surface area contributed by atoms with Crippen molar-refractivity contribution in [2.45, 2.75) is 30.7 Å². The van der Waals surface area contributed by atoms with Gasteiger partial charge in [-0.1, -0.05) is 36.4 Å². The van der Waals surface area contributed by atoms with Crippen LogP contribution in [0.4, 0.5) is 0 Å². The van der Waals surface area contributed by atoms with Crippen LogP contribution < -0.4 is 10.5 Å². The standard InChI is InChI=1S/C21H26N2O2S/c24-19(15-26-14-16-5-2-1-3-6-16)13-22-10-17-9-18(12-22)20-7-4-8-21(25)23(20)11-17/h1-8,17-19,24H,9-15H2/p+1/t17-,18+,19+/m0/s1. The SMILES string of the molecule is O=c1cccc2n1C[C@H]1C[C@@H]2C[NH+](C[C@@H](O)CSCc2ccccc2)C1. The fourth-order valence-electron chi connectivity index (χ4n) is 4.57. The Bertz CT molecular complexity index is 792. The second kappa shape index (κ2) is 7.99. The molecule has 0 amide bonds. The largest absolute Gasteiger partial charge is 0.386 e. The summed E-state index contributed by atoms with van der Waals surface area (Å²) in [6, 6.07) is 16.1. The number of aliphatic hydroxyl groups excluding tert-OH is 1. The third-order valence-corrected chi connectivity index (χ3v) is 6.78. The van der Waals surface area contributed by atoms with Crippen molar-refractivity contribution in [3.8, 4) is 0 Å². The number of nitrogens with zero attached hydrogens (tertiary/aromatic N) is 1. The molecule has 26 heavy (non-hydrogen) atoms. The Balaban J connectivity index is 1.30. The van der Waals surface area contributed by atoms with Crippen LogP contribution in [0.5, 0.6) is 0 Å². The molecule has 0 saturated carbocycles. The molecule has 0 radical (unpaired) electrons. The van der Waals surface area contributed by atoms with Crippen molar-refractivity contribution in [2.24, 2.45) is 5.92 Å². The number of piperidine rings is 1. The minimum atomic E-state index is -0.268. The highest BCUT2D eigenvalue weighted by Crippen LogP contribution is 2.30. The first-order valence-electron chi connectivity index (χ1n) is 9.52. The summed E-state index contributed by atoms with van der Waals surface area (Å²) in [5.74, 6) is 2.74. The van der Waals surface area contributed by atoms with Gasteiger partial charge in [-0.25, -0.2) is 0 Å². The zero-order valence-electron chi connectivity index (χ0n) is 15.0. The number of hydrogen-bond donors (Lipinski definition) is 2. The van der Waals surface area contributed by atoms with E-state index in [1.54, 1.807) is 17.8 Å². The van der Waals surface area contributed by atoms with E-state index >= 15 is 0 Å². The first kappa shape index (κ1) is 17.8. The summed E-state index contributed by atoms with van der Waals surface area (Å²) in [5, 5.41) is 10.5. The van der Waals surface area contributed by atoms with Gasteiger partial charge in [0.25, 0.3) is 5.56 Å². The summed E-state index contributed by atoms with van der Waals surface area (Å²) in [6.07, 6.45) is 0.918. The second-order valence-corrected chi connectivity index (χ2v) is 8.75. The molecule has 5 heteroatoms. The quantitative estimate of drug-likeness (QED) is 0.801. The van der Waals surface area contributed by atoms with Crippen LogP contribution in [0, 0.1) is 5.92 Å². The number of aliphatic hydroxyl groups is 1. The smallest absolute Gasteiger partial charge is 0.250 e. The molecule has 2 aliphatic rings. The summed E-state index contributed by atoms with van der Waals surface area (Å²) in [6.45, 7) is 3.75. The summed E-state index contributed by atoms with van der Waals surface area (Å²) >= 11 is 1.81. The molecule has 1 aromatic heterocycles. The van der Waals surface area contributed by atoms with Crippen molar-refractivity contribution in [1.29, 1.82) is 0 Å². The summed E-state index contributed by atoms with van der Waals surface area (Å²) in [7, 11) is 0. The molecule has 1 saturated heterocycles. The number of pyridine rings is 1. The highest BCUT2D eigenvalue weighted by Gasteiger charge is 2.37. The minimum absolute atomic E-state index is 0.137. The van der Waals surface area contributed by atoms with E-state index in [9.17, 15) is 9.90 Å². The van der Waals surface area contributed by atoms with Crippen LogP contribution in [0.1, 0.15) is 23.6 Å². The Kier molecular flexibility index (Phi) is 5.48. The van der Waals surface area contributed by atoms with Crippen LogP contribution in [-0.4, -0.2) is 41.2 Å². The van der Waals surface area contributed by atoms with E-state index in [2.05, 4.69) is 30.3 Å². The third-order valence-electron chi connectivity index (χ3n) is 5.62. The van der Waals surface area contributed by atoms with Crippen molar-refractivity contribution < 1.29 is 10.0 Å². The zero-order valence-corrected chi connectivity index (χ0v) is 15.8. The molecule has 4 nitrogen and oxygen atoms in total. The maximum absolute atomic E-state index is 12.1. The monoisotopic (exact) mass is 371 g/mol. The van der Waals surface area contributed by atoms with E-state index in [1.165, 1.54) is 22.6 Å². The van der Waals surface area contributed by atoms with Crippen LogP contribution in [0.2, 0.25) is 0 Å². The van der Waals surface area contributed by atoms with Gasteiger partial charge in [0.15, 0.2) is 0 Å². The van der Waals surface area contributed by atoms with Gasteiger partial charge < -0.3 is 14.6 Å². The number of likely N-dealkylation sites (tertiary alicyclic amines) is 1. The molecule has 0 spiro atoms. The molecule has 3 heterocycles. The number of rotatable bonds is 6. The average molecular weight is 372 g/mol. The number of fused-ring (bicyclic) bond motifs is 4. The minimum Gasteiger partial charge on any atom is -0.386 e.